The molecule has 0 spiro atoms. The predicted molar refractivity (Wildman–Crippen MR) is 95.9 cm³/mol. The number of hydrogen-bond acceptors (Lipinski definition) is 3. The molecular weight excluding hydrogens is 316 g/mol. The van der Waals surface area contributed by atoms with E-state index in [-0.39, 0.29) is 11.8 Å². The maximum Gasteiger partial charge on any atom is 0.275 e. The van der Waals surface area contributed by atoms with Crippen molar-refractivity contribution in [2.24, 2.45) is 0 Å². The Morgan fingerprint density at radius 2 is 2.00 bits per heavy atom. The number of rotatable bonds is 3. The molecule has 0 aliphatic carbocycles. The number of pyridine rings is 1. The van der Waals surface area contributed by atoms with Crippen molar-refractivity contribution in [3.8, 4) is 0 Å². The Morgan fingerprint density at radius 3 is 2.72 bits per heavy atom. The fourth-order valence-electron chi connectivity index (χ4n) is 3.03. The lowest BCUT2D eigenvalue weighted by molar-refractivity contribution is -0.117. The van der Waals surface area contributed by atoms with Gasteiger partial charge in [0.1, 0.15) is 11.3 Å². The zero-order valence-corrected chi connectivity index (χ0v) is 13.9. The van der Waals surface area contributed by atoms with Gasteiger partial charge in [0.25, 0.3) is 5.91 Å². The molecule has 25 heavy (non-hydrogen) atoms. The molecule has 1 fully saturated rings. The second-order valence-corrected chi connectivity index (χ2v) is 6.25. The number of aryl methyl sites for hydroxylation is 1. The van der Waals surface area contributed by atoms with Gasteiger partial charge in [0.05, 0.1) is 0 Å². The zero-order valence-electron chi connectivity index (χ0n) is 13.9. The average Bonchev–Trinajstić information content (AvgIpc) is 3.21. The van der Waals surface area contributed by atoms with Crippen molar-refractivity contribution in [1.82, 2.24) is 9.38 Å². The second kappa shape index (κ2) is 6.05. The summed E-state index contributed by atoms with van der Waals surface area (Å²) in [5, 5.41) is 2.84. The van der Waals surface area contributed by atoms with Crippen LogP contribution in [0.15, 0.2) is 48.8 Å². The first kappa shape index (κ1) is 15.4. The quantitative estimate of drug-likeness (QED) is 0.800. The number of imidazole rings is 1. The van der Waals surface area contributed by atoms with Crippen molar-refractivity contribution < 1.29 is 9.59 Å². The van der Waals surface area contributed by atoms with Crippen molar-refractivity contribution in [3.63, 3.8) is 0 Å². The van der Waals surface area contributed by atoms with Crippen LogP contribution in [0.2, 0.25) is 0 Å². The van der Waals surface area contributed by atoms with E-state index in [1.807, 2.05) is 41.8 Å². The highest BCUT2D eigenvalue weighted by molar-refractivity contribution is 6.03. The number of aromatic nitrogens is 2. The largest absolute Gasteiger partial charge is 0.321 e. The molecular formula is C19H18N4O2. The second-order valence-electron chi connectivity index (χ2n) is 6.25. The monoisotopic (exact) mass is 334 g/mol. The Hall–Kier alpha value is -3.15. The van der Waals surface area contributed by atoms with Crippen LogP contribution < -0.4 is 10.2 Å². The first-order valence-corrected chi connectivity index (χ1v) is 8.27. The molecule has 1 aliphatic rings. The minimum atomic E-state index is -0.258. The van der Waals surface area contributed by atoms with E-state index in [9.17, 15) is 9.59 Å². The summed E-state index contributed by atoms with van der Waals surface area (Å²) in [5.74, 6) is -0.108. The molecule has 0 unspecified atom stereocenters. The van der Waals surface area contributed by atoms with E-state index in [4.69, 9.17) is 0 Å². The normalized spacial score (nSPS) is 14.3. The lowest BCUT2D eigenvalue weighted by Gasteiger charge is -2.15. The summed E-state index contributed by atoms with van der Waals surface area (Å²) < 4.78 is 1.82. The third-order valence-electron chi connectivity index (χ3n) is 4.36. The van der Waals surface area contributed by atoms with E-state index >= 15 is 0 Å². The van der Waals surface area contributed by atoms with Crippen LogP contribution in [0.3, 0.4) is 0 Å². The van der Waals surface area contributed by atoms with Gasteiger partial charge in [-0.3, -0.25) is 9.59 Å². The third-order valence-corrected chi connectivity index (χ3v) is 4.36. The van der Waals surface area contributed by atoms with E-state index in [0.29, 0.717) is 17.8 Å². The summed E-state index contributed by atoms with van der Waals surface area (Å²) in [7, 11) is 0. The zero-order chi connectivity index (χ0) is 17.4. The fraction of sp³-hybridized carbons (Fsp3) is 0.211. The molecule has 6 heteroatoms. The summed E-state index contributed by atoms with van der Waals surface area (Å²) in [5.41, 5.74) is 3.74. The highest BCUT2D eigenvalue weighted by atomic mass is 16.2. The van der Waals surface area contributed by atoms with Gasteiger partial charge in [0.15, 0.2) is 0 Å². The van der Waals surface area contributed by atoms with Gasteiger partial charge in [-0.25, -0.2) is 4.98 Å². The van der Waals surface area contributed by atoms with E-state index in [2.05, 4.69) is 10.3 Å². The van der Waals surface area contributed by atoms with Gasteiger partial charge in [-0.15, -0.1) is 0 Å². The number of anilines is 2. The van der Waals surface area contributed by atoms with Gasteiger partial charge in [0.2, 0.25) is 5.91 Å². The molecule has 4 rings (SSSR count). The van der Waals surface area contributed by atoms with Crippen LogP contribution >= 0.6 is 0 Å². The SMILES string of the molecule is Cc1ccn2cc(C(=O)Nc3ccc(N4CCCC4=O)cc3)nc2c1. The van der Waals surface area contributed by atoms with Crippen LogP contribution in [0.4, 0.5) is 11.4 Å². The fourth-order valence-corrected chi connectivity index (χ4v) is 3.03. The maximum absolute atomic E-state index is 12.4. The van der Waals surface area contributed by atoms with Gasteiger partial charge in [0, 0.05) is 36.7 Å². The molecule has 2 amide bonds. The summed E-state index contributed by atoms with van der Waals surface area (Å²) in [6.45, 7) is 2.74. The first-order chi connectivity index (χ1) is 12.1. The Balaban J connectivity index is 1.50. The van der Waals surface area contributed by atoms with E-state index < -0.39 is 0 Å². The highest BCUT2D eigenvalue weighted by Gasteiger charge is 2.21. The van der Waals surface area contributed by atoms with Crippen LogP contribution in [-0.2, 0) is 4.79 Å². The van der Waals surface area contributed by atoms with Crippen LogP contribution in [0.25, 0.3) is 5.65 Å². The molecule has 126 valence electrons. The Labute approximate surface area is 145 Å². The van der Waals surface area contributed by atoms with Crippen molar-refractivity contribution in [2.75, 3.05) is 16.8 Å². The van der Waals surface area contributed by atoms with Crippen LogP contribution in [-0.4, -0.2) is 27.7 Å². The molecule has 0 saturated carbocycles. The molecule has 1 N–H and O–H groups in total. The predicted octanol–water partition coefficient (Wildman–Crippen LogP) is 3.02. The van der Waals surface area contributed by atoms with Crippen LogP contribution in [0.5, 0.6) is 0 Å². The number of fused-ring (bicyclic) bond motifs is 1. The van der Waals surface area contributed by atoms with E-state index in [0.717, 1.165) is 29.9 Å². The molecule has 0 radical (unpaired) electrons. The lowest BCUT2D eigenvalue weighted by Crippen LogP contribution is -2.23. The van der Waals surface area contributed by atoms with Gasteiger partial charge in [-0.05, 0) is 55.3 Å². The number of carbonyl (C=O) groups is 2. The molecule has 0 atom stereocenters. The number of hydrogen-bond donors (Lipinski definition) is 1. The minimum absolute atomic E-state index is 0.150. The van der Waals surface area contributed by atoms with E-state index in [1.54, 1.807) is 23.2 Å². The minimum Gasteiger partial charge on any atom is -0.321 e. The van der Waals surface area contributed by atoms with Crippen molar-refractivity contribution in [2.45, 2.75) is 19.8 Å². The summed E-state index contributed by atoms with van der Waals surface area (Å²) in [4.78, 5) is 30.3. The number of nitrogens with one attached hydrogen (secondary N) is 1. The Bertz CT molecular complexity index is 959. The van der Waals surface area contributed by atoms with Crippen molar-refractivity contribution in [3.05, 3.63) is 60.0 Å². The molecule has 3 aromatic rings. The summed E-state index contributed by atoms with van der Waals surface area (Å²) in [6, 6.07) is 11.2. The smallest absolute Gasteiger partial charge is 0.275 e. The number of nitrogens with zero attached hydrogens (tertiary/aromatic N) is 3. The first-order valence-electron chi connectivity index (χ1n) is 8.27. The van der Waals surface area contributed by atoms with Crippen molar-refractivity contribution in [1.29, 1.82) is 0 Å². The van der Waals surface area contributed by atoms with Crippen LogP contribution in [0.1, 0.15) is 28.9 Å². The third kappa shape index (κ3) is 2.98. The number of carbonyl (C=O) groups excluding carboxylic acids is 2. The molecule has 1 saturated heterocycles. The highest BCUT2D eigenvalue weighted by Crippen LogP contribution is 2.23. The molecule has 0 bridgehead atoms. The van der Waals surface area contributed by atoms with Gasteiger partial charge in [-0.2, -0.15) is 0 Å². The average molecular weight is 334 g/mol. The topological polar surface area (TPSA) is 66.7 Å². The Morgan fingerprint density at radius 1 is 1.20 bits per heavy atom. The number of amides is 2. The van der Waals surface area contributed by atoms with Gasteiger partial charge < -0.3 is 14.6 Å². The molecule has 6 nitrogen and oxygen atoms in total. The van der Waals surface area contributed by atoms with Crippen molar-refractivity contribution >= 4 is 28.8 Å². The molecule has 3 heterocycles. The Kier molecular flexibility index (Phi) is 3.72. The lowest BCUT2D eigenvalue weighted by atomic mass is 10.2. The van der Waals surface area contributed by atoms with Gasteiger partial charge >= 0.3 is 0 Å². The summed E-state index contributed by atoms with van der Waals surface area (Å²) >= 11 is 0. The molecule has 1 aromatic carbocycles. The van der Waals surface area contributed by atoms with E-state index in [1.165, 1.54) is 0 Å². The standard InChI is InChI=1S/C19H18N4O2/c1-13-8-10-22-12-16(21-17(22)11-13)19(25)20-14-4-6-15(7-5-14)23-9-2-3-18(23)24/h4-8,10-12H,2-3,9H2,1H3,(H,20,25). The maximum atomic E-state index is 12.4. The molecule has 1 aliphatic heterocycles. The number of benzene rings is 1. The molecule has 2 aromatic heterocycles. The van der Waals surface area contributed by atoms with Crippen LogP contribution in [0, 0.1) is 6.92 Å². The summed E-state index contributed by atoms with van der Waals surface area (Å²) in [6.07, 6.45) is 5.09. The van der Waals surface area contributed by atoms with Gasteiger partial charge in [-0.1, -0.05) is 0 Å².